The molecule has 16 nitrogen and oxygen atoms in total. The third kappa shape index (κ3) is 37.7. The molecule has 2 aromatic carbocycles. The number of para-hydroxylation sites is 3. The normalized spacial score (nSPS) is 15.5. The number of carbonyl (C=O) groups is 1. The molecular formula is C63H106N10O6S9. The predicted molar refractivity (Wildman–Crippen MR) is 401 cm³/mol. The number of hydrogen-bond acceptors (Lipinski definition) is 15. The lowest BCUT2D eigenvalue weighted by atomic mass is 10.1. The first-order valence-corrected chi connectivity index (χ1v) is 37.6. The van der Waals surface area contributed by atoms with Gasteiger partial charge in [0.25, 0.3) is 0 Å². The van der Waals surface area contributed by atoms with Gasteiger partial charge in [0.05, 0.1) is 84.8 Å². The molecule has 2 aromatic rings. The Morgan fingerprint density at radius 1 is 0.580 bits per heavy atom. The molecule has 4 heterocycles. The number of amides is 1. The molecule has 0 atom stereocenters. The van der Waals surface area contributed by atoms with Crippen LogP contribution in [0.15, 0.2) is 66.9 Å². The Balaban J connectivity index is 0.00000101. The Kier molecular flexibility index (Phi) is 43.8. The van der Waals surface area contributed by atoms with Crippen molar-refractivity contribution in [2.24, 2.45) is 41.4 Å². The average Bonchev–Trinajstić information content (AvgIpc) is 3.69. The van der Waals surface area contributed by atoms with Crippen molar-refractivity contribution in [2.75, 3.05) is 130 Å². The van der Waals surface area contributed by atoms with Gasteiger partial charge in [-0.3, -0.25) is 4.79 Å². The van der Waals surface area contributed by atoms with Gasteiger partial charge in [0, 0.05) is 137 Å². The molecule has 498 valence electrons. The molecule has 0 unspecified atom stereocenters. The Hall–Kier alpha value is -3.55. The summed E-state index contributed by atoms with van der Waals surface area (Å²) in [4.78, 5) is 25.4. The smallest absolute Gasteiger partial charge is 0.221 e. The van der Waals surface area contributed by atoms with Crippen LogP contribution in [0.2, 0.25) is 0 Å². The van der Waals surface area contributed by atoms with E-state index in [1.165, 1.54) is 29.0 Å². The van der Waals surface area contributed by atoms with Gasteiger partial charge < -0.3 is 45.6 Å². The molecule has 88 heavy (non-hydrogen) atoms. The van der Waals surface area contributed by atoms with E-state index in [1.807, 2.05) is 119 Å². The lowest BCUT2D eigenvalue weighted by Crippen LogP contribution is -2.48. The van der Waals surface area contributed by atoms with Crippen molar-refractivity contribution < 1.29 is 26.4 Å². The third-order valence-electron chi connectivity index (χ3n) is 13.2. The Morgan fingerprint density at radius 3 is 1.39 bits per heavy atom. The van der Waals surface area contributed by atoms with Crippen LogP contribution in [0.25, 0.3) is 0 Å². The van der Waals surface area contributed by atoms with Crippen LogP contribution >= 0.6 is 85.1 Å². The van der Waals surface area contributed by atoms with E-state index in [4.69, 9.17) is 83.3 Å². The van der Waals surface area contributed by atoms with Crippen molar-refractivity contribution in [1.29, 1.82) is 5.26 Å². The number of rotatable bonds is 14. The number of anilines is 3. The number of sulfonamides is 1. The van der Waals surface area contributed by atoms with Crippen LogP contribution in [0.5, 0.6) is 0 Å². The molecule has 0 saturated carbocycles. The summed E-state index contributed by atoms with van der Waals surface area (Å²) in [5.74, 6) is 5.74. The first-order chi connectivity index (χ1) is 41.1. The molecule has 4 fully saturated rings. The maximum atomic E-state index is 11.3. The summed E-state index contributed by atoms with van der Waals surface area (Å²) in [5.41, 5.74) is 3.74. The number of nitrogens with zero attached hydrogens (tertiary/aromatic N) is 6. The van der Waals surface area contributed by atoms with E-state index >= 15 is 0 Å². The maximum absolute atomic E-state index is 11.3. The van der Waals surface area contributed by atoms with Crippen molar-refractivity contribution in [1.82, 2.24) is 29.2 Å². The molecular weight excluding hydrogens is 1280 g/mol. The minimum absolute atomic E-state index is 0.0929. The molecule has 4 saturated heterocycles. The molecule has 25 heteroatoms. The highest BCUT2D eigenvalue weighted by Crippen LogP contribution is 2.22. The van der Waals surface area contributed by atoms with Gasteiger partial charge in [-0.2, -0.15) is 21.3 Å². The summed E-state index contributed by atoms with van der Waals surface area (Å²) in [7, 11) is -5.79. The number of allylic oxidation sites excluding steroid dienone is 1. The van der Waals surface area contributed by atoms with Crippen molar-refractivity contribution in [2.45, 2.75) is 110 Å². The molecule has 6 rings (SSSR count). The minimum Gasteiger partial charge on any atom is -0.378 e. The summed E-state index contributed by atoms with van der Waals surface area (Å²) < 4.78 is 51.6. The summed E-state index contributed by atoms with van der Waals surface area (Å²) in [5, 5.41) is 20.2. The fraction of sp³-hybridized carbons (Fsp3) is 0.651. The zero-order chi connectivity index (χ0) is 67.3. The van der Waals surface area contributed by atoms with Gasteiger partial charge in [0.1, 0.15) is 0 Å². The molecule has 4 N–H and O–H groups in total. The molecule has 0 spiro atoms. The highest BCUT2D eigenvalue weighted by molar-refractivity contribution is 7.99. The highest BCUT2D eigenvalue weighted by atomic mass is 32.2. The largest absolute Gasteiger partial charge is 0.378 e. The second-order valence-corrected chi connectivity index (χ2v) is 31.4. The SMILES string of the molecule is C=C(C(C)C)N1CCN(S(C)(=O)=O)CC1.CC(=O)Nc1ccccc1NC(=S)C(C)C.CC(C)C(=S)N1CCOCC1.CC(C)C(=S)N1CCS(=O)(=O)CC1.CC(C)C(=S)N1CCSCC1.CC(C)C(=S)NCCC#N.CC(C)C(=S)Nc1ccccc1. The zero-order valence-electron chi connectivity index (χ0n) is 55.5. The summed E-state index contributed by atoms with van der Waals surface area (Å²) in [6, 6.07) is 19.5. The monoisotopic (exact) mass is 1390 g/mol. The molecule has 1 amide bonds. The van der Waals surface area contributed by atoms with Gasteiger partial charge in [-0.25, -0.2) is 16.8 Å². The molecule has 0 bridgehead atoms. The van der Waals surface area contributed by atoms with Crippen LogP contribution in [0.3, 0.4) is 0 Å². The highest BCUT2D eigenvalue weighted by Gasteiger charge is 2.26. The first-order valence-electron chi connectivity index (χ1n) is 30.4. The minimum atomic E-state index is -3.02. The number of benzene rings is 2. The van der Waals surface area contributed by atoms with Gasteiger partial charge in [-0.15, -0.1) is 0 Å². The maximum Gasteiger partial charge on any atom is 0.221 e. The quantitative estimate of drug-likeness (QED) is 0.103. The van der Waals surface area contributed by atoms with Crippen LogP contribution < -0.4 is 21.3 Å². The van der Waals surface area contributed by atoms with Gasteiger partial charge in [-0.1, -0.05) is 207 Å². The Bertz CT molecular complexity index is 2670. The number of sulfone groups is 1. The fourth-order valence-corrected chi connectivity index (χ4v) is 11.5. The zero-order valence-corrected chi connectivity index (χ0v) is 62.8. The van der Waals surface area contributed by atoms with Crippen LogP contribution in [-0.2, 0) is 29.4 Å². The molecule has 0 radical (unpaired) electrons. The van der Waals surface area contributed by atoms with E-state index in [-0.39, 0.29) is 23.3 Å². The second-order valence-electron chi connectivity index (χ2n) is 23.3. The number of nitrogens with one attached hydrogen (secondary N) is 4. The number of thiocarbonyl (C=S) groups is 6. The summed E-state index contributed by atoms with van der Waals surface area (Å²) in [6.45, 7) is 45.0. The number of morpholine rings is 1. The topological polar surface area (TPSA) is 183 Å². The number of thioether (sulfide) groups is 1. The number of nitriles is 1. The first kappa shape index (κ1) is 84.5. The molecule has 0 aliphatic carbocycles. The number of hydrogen-bond donors (Lipinski definition) is 4. The lowest BCUT2D eigenvalue weighted by molar-refractivity contribution is -0.114. The second kappa shape index (κ2) is 45.7. The van der Waals surface area contributed by atoms with Crippen molar-refractivity contribution >= 4 is 158 Å². The third-order valence-corrected chi connectivity index (χ3v) is 21.0. The Morgan fingerprint density at radius 2 is 0.989 bits per heavy atom. The summed E-state index contributed by atoms with van der Waals surface area (Å²) >= 11 is 33.1. The van der Waals surface area contributed by atoms with Crippen LogP contribution in [0, 0.1) is 52.8 Å². The van der Waals surface area contributed by atoms with Crippen molar-refractivity contribution in [3.63, 3.8) is 0 Å². The number of carbonyl (C=O) groups excluding carboxylic acids is 1. The van der Waals surface area contributed by atoms with Gasteiger partial charge in [0.15, 0.2) is 9.84 Å². The van der Waals surface area contributed by atoms with Crippen LogP contribution in [0.1, 0.15) is 110 Å². The van der Waals surface area contributed by atoms with Gasteiger partial charge in [0.2, 0.25) is 15.9 Å². The van der Waals surface area contributed by atoms with E-state index < -0.39 is 19.9 Å². The molecule has 4 aliphatic rings. The van der Waals surface area contributed by atoms with Gasteiger partial charge in [-0.05, 0) is 30.2 Å². The average molecular weight is 1390 g/mol. The standard InChI is InChI=1S/C12H16N2OS.C10H20N2O2S.C10H13NS.C8H15NO2S2.C8H15NOS.C8H15NS2.C7H12N2S/c1-8(2)12(16)14-11-7-5-4-6-10(11)13-9(3)15;1-9(2)10(3)11-5-7-12(8-6-11)15(4,13)14;1-8(2)10(12)11-9-6-4-3-5-7-9;1-7(2)8(12)9-3-5-13(10,11)6-4-9;1-7(2)8(11)9-3-5-10-6-4-9;1-7(2)8(10)9-3-5-11-6-4-9;1-6(2)7(10)9-5-3-4-8/h4-8H,1-3H3,(H,13,15)(H,14,16);9H,3,5-8H2,1-2,4H3;3-8H,1-2H3,(H,11,12);7H,3-6H2,1-2H3;2*7H,3-6H2,1-2H3;6H,3,5H2,1-2H3,(H,9,10). The van der Waals surface area contributed by atoms with Crippen molar-refractivity contribution in [3.05, 3.63) is 66.9 Å². The van der Waals surface area contributed by atoms with Crippen LogP contribution in [-0.4, -0.2) is 191 Å². The Labute approximate surface area is 569 Å². The predicted octanol–water partition coefficient (Wildman–Crippen LogP) is 12.3. The van der Waals surface area contributed by atoms with E-state index in [2.05, 4.69) is 97.9 Å². The van der Waals surface area contributed by atoms with Crippen molar-refractivity contribution in [3.8, 4) is 6.07 Å². The van der Waals surface area contributed by atoms with E-state index in [0.29, 0.717) is 74.7 Å². The number of ether oxygens (including phenoxy) is 1. The van der Waals surface area contributed by atoms with Gasteiger partial charge >= 0.3 is 0 Å². The van der Waals surface area contributed by atoms with E-state index in [1.54, 1.807) is 0 Å². The number of piperazine rings is 1. The summed E-state index contributed by atoms with van der Waals surface area (Å²) in [6.07, 6.45) is 1.78. The van der Waals surface area contributed by atoms with E-state index in [9.17, 15) is 21.6 Å². The molecule has 0 aromatic heterocycles. The molecule has 4 aliphatic heterocycles. The fourth-order valence-electron chi connectivity index (χ4n) is 7.69. The van der Waals surface area contributed by atoms with Crippen LogP contribution in [0.4, 0.5) is 17.1 Å². The lowest BCUT2D eigenvalue weighted by Gasteiger charge is -2.37. The van der Waals surface area contributed by atoms with E-state index in [0.717, 1.165) is 105 Å².